The second kappa shape index (κ2) is 12.3. The van der Waals surface area contributed by atoms with E-state index in [9.17, 15) is 9.90 Å². The maximum absolute atomic E-state index is 13.4. The Kier molecular flexibility index (Phi) is 9.53. The lowest BCUT2D eigenvalue weighted by molar-refractivity contribution is -0.136. The molecule has 3 rings (SSSR count). The Labute approximate surface area is 195 Å². The number of amides is 1. The molecule has 6 nitrogen and oxygen atoms in total. The van der Waals surface area contributed by atoms with Crippen LogP contribution < -0.4 is 4.74 Å². The van der Waals surface area contributed by atoms with Crippen molar-refractivity contribution in [1.82, 2.24) is 9.80 Å². The number of aliphatic hydroxyl groups excluding tert-OH is 1. The lowest BCUT2D eigenvalue weighted by Gasteiger charge is -2.37. The number of ether oxygens (including phenoxy) is 2. The lowest BCUT2D eigenvalue weighted by atomic mass is 10.0. The Morgan fingerprint density at radius 1 is 1.31 bits per heavy atom. The van der Waals surface area contributed by atoms with Crippen LogP contribution in [-0.4, -0.2) is 73.4 Å². The number of carbonyl (C=O) groups is 1. The van der Waals surface area contributed by atoms with Crippen molar-refractivity contribution in [2.45, 2.75) is 45.3 Å². The summed E-state index contributed by atoms with van der Waals surface area (Å²) in [5.41, 5.74) is 2.39. The average Bonchev–Trinajstić information content (AvgIpc) is 3.27. The zero-order valence-electron chi connectivity index (χ0n) is 19.5. The molecule has 32 heavy (non-hydrogen) atoms. The maximum atomic E-state index is 13.4. The highest BCUT2D eigenvalue weighted by Crippen LogP contribution is 2.34. The van der Waals surface area contributed by atoms with Crippen LogP contribution in [-0.2, 0) is 16.0 Å². The second-order valence-electron chi connectivity index (χ2n) is 8.42. The maximum Gasteiger partial charge on any atom is 0.237 e. The molecule has 1 amide bonds. The van der Waals surface area contributed by atoms with Gasteiger partial charge in [0.25, 0.3) is 0 Å². The number of nitrogens with zero attached hydrogens (tertiary/aromatic N) is 2. The number of carbonyl (C=O) groups excluding carboxylic acids is 1. The fourth-order valence-corrected chi connectivity index (χ4v) is 4.99. The third kappa shape index (κ3) is 6.78. The van der Waals surface area contributed by atoms with E-state index in [-0.39, 0.29) is 11.9 Å². The molecule has 1 N–H and O–H groups in total. The van der Waals surface area contributed by atoms with Crippen LogP contribution >= 0.6 is 11.3 Å². The van der Waals surface area contributed by atoms with Gasteiger partial charge in [-0.25, -0.2) is 0 Å². The van der Waals surface area contributed by atoms with Gasteiger partial charge in [-0.1, -0.05) is 24.6 Å². The molecule has 0 aliphatic carbocycles. The van der Waals surface area contributed by atoms with Crippen LogP contribution in [0.3, 0.4) is 0 Å². The van der Waals surface area contributed by atoms with Crippen LogP contribution in [0.5, 0.6) is 5.75 Å². The molecule has 2 heterocycles. The summed E-state index contributed by atoms with van der Waals surface area (Å²) in [6.45, 7) is 7.28. The molecule has 1 aromatic carbocycles. The predicted octanol–water partition coefficient (Wildman–Crippen LogP) is 3.67. The molecule has 0 fully saturated rings. The fraction of sp³-hybridized carbons (Fsp3) is 0.560. The average molecular weight is 461 g/mol. The summed E-state index contributed by atoms with van der Waals surface area (Å²) in [6.07, 6.45) is 1.94. The van der Waals surface area contributed by atoms with E-state index >= 15 is 0 Å². The van der Waals surface area contributed by atoms with Crippen molar-refractivity contribution in [2.24, 2.45) is 0 Å². The molecule has 1 aliphatic rings. The van der Waals surface area contributed by atoms with Gasteiger partial charge in [0.05, 0.1) is 18.7 Å². The topological polar surface area (TPSA) is 62.2 Å². The first kappa shape index (κ1) is 24.7. The van der Waals surface area contributed by atoms with E-state index in [1.54, 1.807) is 18.4 Å². The zero-order chi connectivity index (χ0) is 22.9. The lowest BCUT2D eigenvalue weighted by Crippen LogP contribution is -2.48. The van der Waals surface area contributed by atoms with Crippen molar-refractivity contribution in [3.05, 3.63) is 51.7 Å². The summed E-state index contributed by atoms with van der Waals surface area (Å²) in [6, 6.07) is 10.0. The van der Waals surface area contributed by atoms with Gasteiger partial charge in [-0.15, -0.1) is 11.3 Å². The second-order valence-corrected chi connectivity index (χ2v) is 9.42. The van der Waals surface area contributed by atoms with Gasteiger partial charge in [-0.05, 0) is 55.3 Å². The van der Waals surface area contributed by atoms with E-state index in [0.717, 1.165) is 25.1 Å². The molecule has 0 radical (unpaired) electrons. The number of aliphatic hydroxyl groups is 1. The molecule has 7 heteroatoms. The van der Waals surface area contributed by atoms with Gasteiger partial charge in [-0.2, -0.15) is 0 Å². The van der Waals surface area contributed by atoms with E-state index in [4.69, 9.17) is 9.47 Å². The molecule has 1 aromatic heterocycles. The van der Waals surface area contributed by atoms with E-state index in [2.05, 4.69) is 23.3 Å². The number of rotatable bonds is 12. The number of methoxy groups -OCH3 is 1. The molecule has 0 unspecified atom stereocenters. The van der Waals surface area contributed by atoms with Gasteiger partial charge < -0.3 is 19.5 Å². The first-order valence-corrected chi connectivity index (χ1v) is 12.3. The summed E-state index contributed by atoms with van der Waals surface area (Å²) >= 11 is 1.75. The van der Waals surface area contributed by atoms with Crippen molar-refractivity contribution in [3.8, 4) is 5.75 Å². The summed E-state index contributed by atoms with van der Waals surface area (Å²) in [5, 5.41) is 12.3. The minimum absolute atomic E-state index is 0.0834. The van der Waals surface area contributed by atoms with Crippen molar-refractivity contribution >= 4 is 17.2 Å². The summed E-state index contributed by atoms with van der Waals surface area (Å²) in [7, 11) is 1.68. The van der Waals surface area contributed by atoms with Crippen LogP contribution in [0.4, 0.5) is 0 Å². The summed E-state index contributed by atoms with van der Waals surface area (Å²) in [5.74, 6) is 0.901. The Balaban J connectivity index is 1.70. The van der Waals surface area contributed by atoms with E-state index in [1.165, 1.54) is 16.0 Å². The summed E-state index contributed by atoms with van der Waals surface area (Å²) < 4.78 is 11.3. The molecule has 2 aromatic rings. The highest BCUT2D eigenvalue weighted by atomic mass is 32.1. The normalized spacial score (nSPS) is 16.8. The molecule has 1 aliphatic heterocycles. The van der Waals surface area contributed by atoms with Crippen molar-refractivity contribution in [2.75, 3.05) is 46.5 Å². The van der Waals surface area contributed by atoms with Crippen LogP contribution in [0.1, 0.15) is 41.8 Å². The smallest absolute Gasteiger partial charge is 0.237 e. The van der Waals surface area contributed by atoms with Gasteiger partial charge in [0, 0.05) is 38.2 Å². The van der Waals surface area contributed by atoms with Crippen LogP contribution in [0, 0.1) is 6.92 Å². The SMILES string of the molecule is CC[C@@H](O)CN(CCCOC)CC(=O)N1CCc2sccc2[C@H]1COc1ccc(C)cc1. The van der Waals surface area contributed by atoms with Gasteiger partial charge >= 0.3 is 0 Å². The molecule has 0 saturated heterocycles. The highest BCUT2D eigenvalue weighted by molar-refractivity contribution is 7.10. The van der Waals surface area contributed by atoms with E-state index in [0.29, 0.717) is 39.3 Å². The van der Waals surface area contributed by atoms with Gasteiger partial charge in [-0.3, -0.25) is 9.69 Å². The predicted molar refractivity (Wildman–Crippen MR) is 128 cm³/mol. The molecule has 0 saturated carbocycles. The van der Waals surface area contributed by atoms with Crippen LogP contribution in [0.25, 0.3) is 0 Å². The molecular formula is C25H36N2O4S. The number of hydrogen-bond donors (Lipinski definition) is 1. The minimum atomic E-state index is -0.434. The molecule has 0 spiro atoms. The number of benzene rings is 1. The Bertz CT molecular complexity index is 839. The quantitative estimate of drug-likeness (QED) is 0.490. The number of aryl methyl sites for hydroxylation is 1. The van der Waals surface area contributed by atoms with Crippen LogP contribution in [0.15, 0.2) is 35.7 Å². The Morgan fingerprint density at radius 2 is 2.09 bits per heavy atom. The minimum Gasteiger partial charge on any atom is -0.491 e. The third-order valence-electron chi connectivity index (χ3n) is 5.97. The summed E-state index contributed by atoms with van der Waals surface area (Å²) in [4.78, 5) is 18.8. The van der Waals surface area contributed by atoms with Crippen LogP contribution in [0.2, 0.25) is 0 Å². The van der Waals surface area contributed by atoms with Gasteiger partial charge in [0.1, 0.15) is 12.4 Å². The largest absolute Gasteiger partial charge is 0.491 e. The van der Waals surface area contributed by atoms with Crippen molar-refractivity contribution in [3.63, 3.8) is 0 Å². The molecule has 0 bridgehead atoms. The zero-order valence-corrected chi connectivity index (χ0v) is 20.3. The fourth-order valence-electron chi connectivity index (χ4n) is 4.06. The standard InChI is InChI=1S/C25H36N2O4S/c1-4-20(28)16-26(12-5-14-30-3)17-25(29)27-13-10-24-22(11-15-32-24)23(27)18-31-21-8-6-19(2)7-9-21/h6-9,11,15,20,23,28H,4-5,10,12-14,16-18H2,1-3H3/t20-,23-/m1/s1. The molecular weight excluding hydrogens is 424 g/mol. The first-order chi connectivity index (χ1) is 15.5. The monoisotopic (exact) mass is 460 g/mol. The van der Waals surface area contributed by atoms with Crippen molar-refractivity contribution in [1.29, 1.82) is 0 Å². The van der Waals surface area contributed by atoms with E-state index in [1.807, 2.05) is 36.1 Å². The highest BCUT2D eigenvalue weighted by Gasteiger charge is 2.33. The van der Waals surface area contributed by atoms with E-state index < -0.39 is 6.10 Å². The number of fused-ring (bicyclic) bond motifs is 1. The number of hydrogen-bond acceptors (Lipinski definition) is 6. The van der Waals surface area contributed by atoms with Gasteiger partial charge in [0.15, 0.2) is 0 Å². The third-order valence-corrected chi connectivity index (χ3v) is 6.96. The first-order valence-electron chi connectivity index (χ1n) is 11.5. The van der Waals surface area contributed by atoms with Crippen molar-refractivity contribution < 1.29 is 19.4 Å². The Morgan fingerprint density at radius 3 is 2.81 bits per heavy atom. The molecule has 176 valence electrons. The Hall–Kier alpha value is -1.93. The molecule has 2 atom stereocenters. The number of thiophene rings is 1. The van der Waals surface area contributed by atoms with Gasteiger partial charge in [0.2, 0.25) is 5.91 Å².